The number of carbonyl (C=O) groups is 6. The van der Waals surface area contributed by atoms with Gasteiger partial charge >= 0.3 is 6.09 Å². The second kappa shape index (κ2) is 11.4. The van der Waals surface area contributed by atoms with Gasteiger partial charge in [-0.2, -0.15) is 0 Å². The van der Waals surface area contributed by atoms with E-state index in [9.17, 15) is 28.8 Å². The summed E-state index contributed by atoms with van der Waals surface area (Å²) in [5.74, 6) is -2.20. The molecule has 39 heavy (non-hydrogen) atoms. The lowest BCUT2D eigenvalue weighted by Gasteiger charge is -2.33. The molecule has 3 aliphatic rings. The van der Waals surface area contributed by atoms with E-state index in [1.54, 1.807) is 37.8 Å². The molecule has 1 aromatic rings. The molecule has 3 heterocycles. The number of hydrogen-bond donors (Lipinski definition) is 3. The van der Waals surface area contributed by atoms with Crippen LogP contribution in [0.1, 0.15) is 80.0 Å². The van der Waals surface area contributed by atoms with Gasteiger partial charge in [0.15, 0.2) is 0 Å². The predicted molar refractivity (Wildman–Crippen MR) is 140 cm³/mol. The lowest BCUT2D eigenvalue weighted by molar-refractivity contribution is -0.136. The van der Waals surface area contributed by atoms with Gasteiger partial charge in [0, 0.05) is 44.2 Å². The summed E-state index contributed by atoms with van der Waals surface area (Å²) in [7, 11) is 0. The summed E-state index contributed by atoms with van der Waals surface area (Å²) < 4.78 is 5.29. The molecular weight excluding hydrogens is 506 g/mol. The summed E-state index contributed by atoms with van der Waals surface area (Å²) in [4.78, 5) is 77.3. The summed E-state index contributed by atoms with van der Waals surface area (Å²) in [6.07, 6.45) is 1.82. The van der Waals surface area contributed by atoms with Gasteiger partial charge in [-0.1, -0.05) is 6.07 Å². The summed E-state index contributed by atoms with van der Waals surface area (Å²) in [5, 5.41) is 8.20. The highest BCUT2D eigenvalue weighted by atomic mass is 16.6. The Bertz CT molecular complexity index is 1180. The molecule has 210 valence electrons. The number of imide groups is 2. The zero-order chi connectivity index (χ0) is 28.3. The first kappa shape index (κ1) is 28.1. The number of piperidine rings is 2. The molecule has 12 heteroatoms. The Balaban J connectivity index is 1.25. The van der Waals surface area contributed by atoms with Crippen molar-refractivity contribution in [3.63, 3.8) is 0 Å². The van der Waals surface area contributed by atoms with Crippen molar-refractivity contribution in [2.24, 2.45) is 0 Å². The molecule has 2 saturated heterocycles. The first-order chi connectivity index (χ1) is 18.4. The molecule has 3 N–H and O–H groups in total. The Morgan fingerprint density at radius 1 is 1.05 bits per heavy atom. The van der Waals surface area contributed by atoms with Crippen molar-refractivity contribution in [1.82, 2.24) is 20.4 Å². The minimum atomic E-state index is -1.02. The number of nitrogens with one attached hydrogen (secondary N) is 3. The number of ether oxygens (including phenoxy) is 1. The number of likely N-dealkylation sites (tertiary alicyclic amines) is 1. The zero-order valence-corrected chi connectivity index (χ0v) is 22.5. The van der Waals surface area contributed by atoms with Crippen molar-refractivity contribution in [1.29, 1.82) is 0 Å². The number of anilines is 1. The van der Waals surface area contributed by atoms with E-state index in [0.29, 0.717) is 51.0 Å². The van der Waals surface area contributed by atoms with E-state index >= 15 is 0 Å². The van der Waals surface area contributed by atoms with E-state index in [2.05, 4.69) is 16.0 Å². The van der Waals surface area contributed by atoms with Crippen LogP contribution in [0, 0.1) is 0 Å². The van der Waals surface area contributed by atoms with Crippen molar-refractivity contribution >= 4 is 41.3 Å². The van der Waals surface area contributed by atoms with E-state index in [-0.39, 0.29) is 35.9 Å². The van der Waals surface area contributed by atoms with Gasteiger partial charge in [0.1, 0.15) is 11.6 Å². The average molecular weight is 542 g/mol. The van der Waals surface area contributed by atoms with Gasteiger partial charge in [-0.05, 0) is 58.6 Å². The highest BCUT2D eigenvalue weighted by molar-refractivity contribution is 6.25. The molecule has 0 aromatic heterocycles. The van der Waals surface area contributed by atoms with Crippen molar-refractivity contribution < 1.29 is 33.5 Å². The molecule has 0 aliphatic carbocycles. The molecule has 0 bridgehead atoms. The summed E-state index contributed by atoms with van der Waals surface area (Å²) >= 11 is 0. The maximum atomic E-state index is 13.2. The lowest BCUT2D eigenvalue weighted by Crippen LogP contribution is -2.54. The van der Waals surface area contributed by atoms with Crippen molar-refractivity contribution in [3.8, 4) is 0 Å². The number of fused-ring (bicyclic) bond motifs is 1. The van der Waals surface area contributed by atoms with Gasteiger partial charge in [0.25, 0.3) is 11.8 Å². The largest absolute Gasteiger partial charge is 0.444 e. The van der Waals surface area contributed by atoms with Crippen molar-refractivity contribution in [3.05, 3.63) is 29.3 Å². The minimum absolute atomic E-state index is 0.0149. The van der Waals surface area contributed by atoms with Crippen LogP contribution < -0.4 is 16.0 Å². The highest BCUT2D eigenvalue weighted by Gasteiger charge is 2.45. The number of amides is 6. The molecule has 0 radical (unpaired) electrons. The third-order valence-corrected chi connectivity index (χ3v) is 6.92. The van der Waals surface area contributed by atoms with Crippen LogP contribution in [0.15, 0.2) is 18.2 Å². The molecular formula is C27H35N5O7. The van der Waals surface area contributed by atoms with Gasteiger partial charge < -0.3 is 20.3 Å². The fraction of sp³-hybridized carbons (Fsp3) is 0.556. The third-order valence-electron chi connectivity index (χ3n) is 6.92. The molecule has 0 spiro atoms. The highest BCUT2D eigenvalue weighted by Crippen LogP contribution is 2.32. The van der Waals surface area contributed by atoms with Crippen LogP contribution in [0.3, 0.4) is 0 Å². The number of hydrogen-bond acceptors (Lipinski definition) is 8. The van der Waals surface area contributed by atoms with Crippen LogP contribution >= 0.6 is 0 Å². The number of nitrogens with zero attached hydrogens (tertiary/aromatic N) is 2. The second-order valence-corrected chi connectivity index (χ2v) is 11.0. The van der Waals surface area contributed by atoms with Crippen LogP contribution in [0.25, 0.3) is 0 Å². The van der Waals surface area contributed by atoms with Crippen LogP contribution in [0.4, 0.5) is 10.5 Å². The molecule has 4 rings (SSSR count). The third kappa shape index (κ3) is 6.55. The summed E-state index contributed by atoms with van der Waals surface area (Å²) in [6.45, 7) is 6.92. The van der Waals surface area contributed by atoms with Crippen molar-refractivity contribution in [2.75, 3.05) is 25.0 Å². The van der Waals surface area contributed by atoms with Gasteiger partial charge in [0.2, 0.25) is 17.7 Å². The predicted octanol–water partition coefficient (Wildman–Crippen LogP) is 1.80. The number of carbonyl (C=O) groups excluding carboxylic acids is 6. The SMILES string of the molecule is CC(C)(C)OC(=O)NC1CCN(C(=O)CCCNc2cccc3c2C(=O)N(C2CCC(=O)NC2=O)C3=O)CC1. The fourth-order valence-corrected chi connectivity index (χ4v) is 5.03. The molecule has 2 fully saturated rings. The quantitative estimate of drug-likeness (QED) is 0.349. The Kier molecular flexibility index (Phi) is 8.22. The van der Waals surface area contributed by atoms with Crippen LogP contribution in [-0.4, -0.2) is 82.7 Å². The number of benzene rings is 1. The molecule has 6 amide bonds. The first-order valence-corrected chi connectivity index (χ1v) is 13.3. The smallest absolute Gasteiger partial charge is 0.407 e. The summed E-state index contributed by atoms with van der Waals surface area (Å²) in [5.41, 5.74) is 0.290. The van der Waals surface area contributed by atoms with Crippen LogP contribution in [-0.2, 0) is 19.1 Å². The maximum absolute atomic E-state index is 13.2. The molecule has 12 nitrogen and oxygen atoms in total. The first-order valence-electron chi connectivity index (χ1n) is 13.3. The number of alkyl carbamates (subject to hydrolysis) is 1. The minimum Gasteiger partial charge on any atom is -0.444 e. The second-order valence-electron chi connectivity index (χ2n) is 11.0. The van der Waals surface area contributed by atoms with Crippen LogP contribution in [0.5, 0.6) is 0 Å². The normalized spacial score (nSPS) is 20.0. The monoisotopic (exact) mass is 541 g/mol. The Morgan fingerprint density at radius 3 is 2.44 bits per heavy atom. The van der Waals surface area contributed by atoms with Crippen LogP contribution in [0.2, 0.25) is 0 Å². The molecule has 3 aliphatic heterocycles. The Morgan fingerprint density at radius 2 is 1.77 bits per heavy atom. The number of rotatable bonds is 7. The maximum Gasteiger partial charge on any atom is 0.407 e. The standard InChI is InChI=1S/C27H35N5O7/c1-27(2,3)39-26(38)29-16-11-14-31(15-12-16)21(34)8-5-13-28-18-7-4-6-17-22(18)25(37)32(24(17)36)19-9-10-20(33)30-23(19)35/h4,6-7,16,19,28H,5,8-15H2,1-3H3,(H,29,38)(H,30,33,35). The van der Waals surface area contributed by atoms with E-state index in [1.807, 2.05) is 0 Å². The van der Waals surface area contributed by atoms with E-state index in [0.717, 1.165) is 4.90 Å². The van der Waals surface area contributed by atoms with Crippen molar-refractivity contribution in [2.45, 2.75) is 77.0 Å². The zero-order valence-electron chi connectivity index (χ0n) is 22.5. The van der Waals surface area contributed by atoms with E-state index < -0.39 is 41.4 Å². The Hall–Kier alpha value is -3.96. The molecule has 1 unspecified atom stereocenters. The Labute approximate surface area is 226 Å². The fourth-order valence-electron chi connectivity index (χ4n) is 5.03. The lowest BCUT2D eigenvalue weighted by atomic mass is 10.0. The summed E-state index contributed by atoms with van der Waals surface area (Å²) in [6, 6.07) is 3.82. The van der Waals surface area contributed by atoms with Gasteiger partial charge in [0.05, 0.1) is 11.1 Å². The van der Waals surface area contributed by atoms with Gasteiger partial charge in [-0.15, -0.1) is 0 Å². The topological polar surface area (TPSA) is 154 Å². The van der Waals surface area contributed by atoms with Gasteiger partial charge in [-0.3, -0.25) is 34.2 Å². The molecule has 1 atom stereocenters. The molecule has 1 aromatic carbocycles. The molecule has 0 saturated carbocycles. The van der Waals surface area contributed by atoms with E-state index in [4.69, 9.17) is 4.74 Å². The van der Waals surface area contributed by atoms with Gasteiger partial charge in [-0.25, -0.2) is 4.79 Å². The van der Waals surface area contributed by atoms with E-state index in [1.165, 1.54) is 6.07 Å². The average Bonchev–Trinajstić information content (AvgIpc) is 3.11.